The van der Waals surface area contributed by atoms with Gasteiger partial charge in [0.1, 0.15) is 0 Å². The van der Waals surface area contributed by atoms with Gasteiger partial charge in [-0.15, -0.1) is 0 Å². The summed E-state index contributed by atoms with van der Waals surface area (Å²) in [5.41, 5.74) is 1.69. The highest BCUT2D eigenvalue weighted by molar-refractivity contribution is 6.42. The van der Waals surface area contributed by atoms with E-state index < -0.39 is 0 Å². The number of hydrogen-bond donors (Lipinski definition) is 3. The van der Waals surface area contributed by atoms with Crippen molar-refractivity contribution in [2.75, 3.05) is 26.2 Å². The molecule has 1 heterocycles. The van der Waals surface area contributed by atoms with Crippen LogP contribution in [0.25, 0.3) is 0 Å². The van der Waals surface area contributed by atoms with E-state index in [1.54, 1.807) is 18.2 Å². The van der Waals surface area contributed by atoms with E-state index in [-0.39, 0.29) is 35.4 Å². The third-order valence-corrected chi connectivity index (χ3v) is 7.52. The van der Waals surface area contributed by atoms with Gasteiger partial charge < -0.3 is 20.9 Å². The largest absolute Gasteiger partial charge is 0.350 e. The Morgan fingerprint density at radius 1 is 1.14 bits per heavy atom. The number of carbonyl (C=O) groups excluding carboxylic acids is 2. The Balaban J connectivity index is 1.69. The Morgan fingerprint density at radius 3 is 2.51 bits per heavy atom. The molecule has 0 saturated carbocycles. The van der Waals surface area contributed by atoms with E-state index in [4.69, 9.17) is 23.2 Å². The summed E-state index contributed by atoms with van der Waals surface area (Å²) >= 11 is 12.1. The zero-order valence-electron chi connectivity index (χ0n) is 22.3. The first kappa shape index (κ1) is 29.4. The van der Waals surface area contributed by atoms with Crippen molar-refractivity contribution in [3.63, 3.8) is 0 Å². The van der Waals surface area contributed by atoms with Crippen LogP contribution in [0.15, 0.2) is 48.5 Å². The molecule has 2 aromatic rings. The van der Waals surface area contributed by atoms with Gasteiger partial charge in [0, 0.05) is 42.7 Å². The maximum Gasteiger partial charge on any atom is 0.251 e. The predicted molar refractivity (Wildman–Crippen MR) is 153 cm³/mol. The molecule has 8 heteroatoms. The zero-order valence-corrected chi connectivity index (χ0v) is 23.8. The summed E-state index contributed by atoms with van der Waals surface area (Å²) in [4.78, 5) is 28.4. The van der Waals surface area contributed by atoms with Crippen molar-refractivity contribution in [3.8, 4) is 0 Å². The van der Waals surface area contributed by atoms with Gasteiger partial charge in [0.15, 0.2) is 0 Å². The monoisotopic (exact) mass is 546 g/mol. The lowest BCUT2D eigenvalue weighted by atomic mass is 9.95. The van der Waals surface area contributed by atoms with E-state index >= 15 is 0 Å². The van der Waals surface area contributed by atoms with Crippen molar-refractivity contribution in [1.29, 1.82) is 0 Å². The lowest BCUT2D eigenvalue weighted by Crippen LogP contribution is -2.50. The molecule has 3 rings (SSSR count). The summed E-state index contributed by atoms with van der Waals surface area (Å²) < 4.78 is 0. The van der Waals surface area contributed by atoms with Crippen molar-refractivity contribution < 1.29 is 9.59 Å². The predicted octanol–water partition coefficient (Wildman–Crippen LogP) is 5.25. The van der Waals surface area contributed by atoms with Crippen molar-refractivity contribution in [1.82, 2.24) is 20.9 Å². The van der Waals surface area contributed by atoms with Crippen LogP contribution in [0.1, 0.15) is 68.8 Å². The second-order valence-electron chi connectivity index (χ2n) is 10.8. The van der Waals surface area contributed by atoms with Crippen LogP contribution in [0.4, 0.5) is 0 Å². The van der Waals surface area contributed by atoms with Gasteiger partial charge in [-0.2, -0.15) is 0 Å². The first-order valence-corrected chi connectivity index (χ1v) is 13.9. The molecule has 6 nitrogen and oxygen atoms in total. The number of nitrogens with zero attached hydrogens (tertiary/aromatic N) is 1. The first-order chi connectivity index (χ1) is 17.6. The molecule has 2 amide bonds. The fraction of sp³-hybridized carbons (Fsp3) is 0.517. The molecule has 202 valence electrons. The van der Waals surface area contributed by atoms with Gasteiger partial charge in [-0.1, -0.05) is 60.5 Å². The van der Waals surface area contributed by atoms with E-state index in [1.807, 2.05) is 11.0 Å². The van der Waals surface area contributed by atoms with Crippen LogP contribution in [-0.4, -0.2) is 60.5 Å². The molecule has 1 aliphatic heterocycles. The molecule has 0 aromatic heterocycles. The van der Waals surface area contributed by atoms with Crippen molar-refractivity contribution in [3.05, 3.63) is 69.7 Å². The first-order valence-electron chi connectivity index (χ1n) is 13.2. The zero-order chi connectivity index (χ0) is 27.0. The van der Waals surface area contributed by atoms with Gasteiger partial charge in [0.25, 0.3) is 5.91 Å². The average molecular weight is 548 g/mol. The molecule has 2 aromatic carbocycles. The van der Waals surface area contributed by atoms with Crippen molar-refractivity contribution in [2.45, 2.75) is 70.5 Å². The molecule has 0 bridgehead atoms. The van der Waals surface area contributed by atoms with Crippen molar-refractivity contribution >= 4 is 35.0 Å². The van der Waals surface area contributed by atoms with Gasteiger partial charge in [0.05, 0.1) is 16.1 Å². The Kier molecular flexibility index (Phi) is 10.8. The molecule has 1 aliphatic rings. The summed E-state index contributed by atoms with van der Waals surface area (Å²) in [5, 5.41) is 10.8. The molecular weight excluding hydrogens is 507 g/mol. The Bertz CT molecular complexity index is 1040. The average Bonchev–Trinajstić information content (AvgIpc) is 3.01. The Morgan fingerprint density at radius 2 is 1.86 bits per heavy atom. The van der Waals surface area contributed by atoms with E-state index in [1.165, 1.54) is 5.56 Å². The topological polar surface area (TPSA) is 73.5 Å². The van der Waals surface area contributed by atoms with Crippen LogP contribution in [0.2, 0.25) is 10.0 Å². The van der Waals surface area contributed by atoms with E-state index in [0.29, 0.717) is 41.7 Å². The third-order valence-electron chi connectivity index (χ3n) is 6.78. The fourth-order valence-electron chi connectivity index (χ4n) is 4.64. The van der Waals surface area contributed by atoms with Crippen LogP contribution >= 0.6 is 23.2 Å². The number of carbonyl (C=O) groups is 2. The van der Waals surface area contributed by atoms with Crippen molar-refractivity contribution in [2.24, 2.45) is 0 Å². The lowest BCUT2D eigenvalue weighted by molar-refractivity contribution is -0.133. The van der Waals surface area contributed by atoms with E-state index in [9.17, 15) is 9.59 Å². The molecule has 1 fully saturated rings. The summed E-state index contributed by atoms with van der Waals surface area (Å²) in [6, 6.07) is 14.9. The van der Waals surface area contributed by atoms with Crippen LogP contribution in [0.3, 0.4) is 0 Å². The summed E-state index contributed by atoms with van der Waals surface area (Å²) in [6.45, 7) is 11.0. The second-order valence-corrected chi connectivity index (χ2v) is 11.6. The molecule has 3 N–H and O–H groups in total. The molecule has 1 saturated heterocycles. The minimum atomic E-state index is -0.322. The van der Waals surface area contributed by atoms with Gasteiger partial charge in [-0.05, 0) is 70.3 Å². The number of nitrogens with one attached hydrogen (secondary N) is 3. The molecule has 0 aliphatic carbocycles. The van der Waals surface area contributed by atoms with Crippen LogP contribution in [-0.2, 0) is 4.79 Å². The Labute approximate surface area is 231 Å². The number of halogens is 2. The molecule has 37 heavy (non-hydrogen) atoms. The standard InChI is InChI=1S/C29H40Cl2N4O2/c1-5-20(21-9-7-6-8-10-21)19-35-16-14-23(34-26(28(35)37)13-15-33-29(2,3)4)18-32-27(36)22-11-12-24(30)25(31)17-22/h6-12,17,20,23,26,33-34H,5,13-16,18-19H2,1-4H3,(H,32,36)/t20-,23?,26+/m1/s1. The minimum Gasteiger partial charge on any atom is -0.350 e. The number of rotatable bonds is 10. The van der Waals surface area contributed by atoms with Gasteiger partial charge in [-0.25, -0.2) is 0 Å². The molecule has 0 spiro atoms. The molecular formula is C29H40Cl2N4O2. The van der Waals surface area contributed by atoms with E-state index in [0.717, 1.165) is 19.4 Å². The normalized spacial score (nSPS) is 19.4. The maximum absolute atomic E-state index is 13.7. The van der Waals surface area contributed by atoms with Gasteiger partial charge in [0.2, 0.25) is 5.91 Å². The number of benzene rings is 2. The Hall–Kier alpha value is -2.12. The lowest BCUT2D eigenvalue weighted by Gasteiger charge is -2.29. The van der Waals surface area contributed by atoms with Gasteiger partial charge in [-0.3, -0.25) is 9.59 Å². The smallest absolute Gasteiger partial charge is 0.251 e. The maximum atomic E-state index is 13.7. The summed E-state index contributed by atoms with van der Waals surface area (Å²) in [7, 11) is 0. The number of hydrogen-bond acceptors (Lipinski definition) is 4. The molecule has 0 radical (unpaired) electrons. The SMILES string of the molecule is CC[C@H](CN1CCC(CNC(=O)c2ccc(Cl)c(Cl)c2)N[C@@H](CCNC(C)(C)C)C1=O)c1ccccc1. The van der Waals surface area contributed by atoms with Gasteiger partial charge >= 0.3 is 0 Å². The number of amides is 2. The van der Waals surface area contributed by atoms with Crippen LogP contribution in [0.5, 0.6) is 0 Å². The highest BCUT2D eigenvalue weighted by Crippen LogP contribution is 2.24. The summed E-state index contributed by atoms with van der Waals surface area (Å²) in [5.74, 6) is 0.196. The minimum absolute atomic E-state index is 0.0265. The second kappa shape index (κ2) is 13.6. The molecule has 1 unspecified atom stereocenters. The fourth-order valence-corrected chi connectivity index (χ4v) is 4.94. The van der Waals surface area contributed by atoms with Crippen LogP contribution < -0.4 is 16.0 Å². The van der Waals surface area contributed by atoms with E-state index in [2.05, 4.69) is 67.9 Å². The highest BCUT2D eigenvalue weighted by Gasteiger charge is 2.32. The highest BCUT2D eigenvalue weighted by atomic mass is 35.5. The molecule has 3 atom stereocenters. The van der Waals surface area contributed by atoms with Crippen LogP contribution in [0, 0.1) is 0 Å². The summed E-state index contributed by atoms with van der Waals surface area (Å²) in [6.07, 6.45) is 2.38. The third kappa shape index (κ3) is 8.99. The quantitative estimate of drug-likeness (QED) is 0.380.